The van der Waals surface area contributed by atoms with Gasteiger partial charge in [-0.1, -0.05) is 18.4 Å². The molecule has 0 aliphatic carbocycles. The number of piperidine rings is 1. The van der Waals surface area contributed by atoms with Crippen molar-refractivity contribution in [3.63, 3.8) is 0 Å². The Labute approximate surface area is 205 Å². The van der Waals surface area contributed by atoms with Gasteiger partial charge in [-0.3, -0.25) is 14.5 Å². The van der Waals surface area contributed by atoms with Gasteiger partial charge in [0, 0.05) is 55.5 Å². The van der Waals surface area contributed by atoms with Gasteiger partial charge in [0.1, 0.15) is 17.9 Å². The van der Waals surface area contributed by atoms with Crippen LogP contribution in [0.25, 0.3) is 0 Å². The van der Waals surface area contributed by atoms with E-state index in [1.54, 1.807) is 33.7 Å². The number of likely N-dealkylation sites (tertiary alicyclic amines) is 1. The third kappa shape index (κ3) is 5.57. The van der Waals surface area contributed by atoms with Crippen LogP contribution in [0.2, 0.25) is 0 Å². The van der Waals surface area contributed by atoms with E-state index in [4.69, 9.17) is 15.9 Å². The average Bonchev–Trinajstić information content (AvgIpc) is 3.12. The minimum atomic E-state index is -0.553. The average molecular weight is 478 g/mol. The Kier molecular flexibility index (Phi) is 7.88. The van der Waals surface area contributed by atoms with Crippen molar-refractivity contribution in [2.75, 3.05) is 46.4 Å². The number of hydrogen-bond donors (Lipinski definition) is 0. The van der Waals surface area contributed by atoms with Gasteiger partial charge in [0.05, 0.1) is 7.11 Å². The molecule has 1 aromatic heterocycles. The number of rotatable bonds is 6. The van der Waals surface area contributed by atoms with Crippen LogP contribution in [-0.2, 0) is 17.7 Å². The highest BCUT2D eigenvalue weighted by Gasteiger charge is 2.28. The van der Waals surface area contributed by atoms with Gasteiger partial charge in [-0.2, -0.15) is 0 Å². The number of fused-ring (bicyclic) bond motifs is 1. The molecule has 1 saturated heterocycles. The summed E-state index contributed by atoms with van der Waals surface area (Å²) in [6, 6.07) is 8.29. The predicted molar refractivity (Wildman–Crippen MR) is 132 cm³/mol. The van der Waals surface area contributed by atoms with E-state index < -0.39 is 5.97 Å². The van der Waals surface area contributed by atoms with Crippen molar-refractivity contribution >= 4 is 11.9 Å². The molecule has 35 heavy (non-hydrogen) atoms. The van der Waals surface area contributed by atoms with Crippen LogP contribution in [0.5, 0.6) is 5.75 Å². The first-order valence-corrected chi connectivity index (χ1v) is 12.1. The van der Waals surface area contributed by atoms with Gasteiger partial charge >= 0.3 is 5.97 Å². The lowest BCUT2D eigenvalue weighted by Gasteiger charge is -2.26. The predicted octanol–water partition coefficient (Wildman–Crippen LogP) is 2.18. The molecule has 1 fully saturated rings. The number of terminal acetylenes is 1. The molecule has 3 heterocycles. The third-order valence-corrected chi connectivity index (χ3v) is 6.66. The van der Waals surface area contributed by atoms with Crippen molar-refractivity contribution in [1.29, 1.82) is 0 Å². The molecule has 2 aliphatic heterocycles. The summed E-state index contributed by atoms with van der Waals surface area (Å²) in [5, 5.41) is 0. The molecule has 8 heteroatoms. The summed E-state index contributed by atoms with van der Waals surface area (Å²) in [5.41, 5.74) is 1.65. The highest BCUT2D eigenvalue weighted by atomic mass is 16.5. The second-order valence-electron chi connectivity index (χ2n) is 8.83. The van der Waals surface area contributed by atoms with Crippen LogP contribution in [0.4, 0.5) is 0 Å². The molecule has 184 valence electrons. The number of nitrogens with zero attached hydrogens (tertiary/aromatic N) is 3. The van der Waals surface area contributed by atoms with Crippen LogP contribution in [0.3, 0.4) is 0 Å². The highest BCUT2D eigenvalue weighted by Crippen LogP contribution is 2.25. The number of carbonyl (C=O) groups excluding carboxylic acids is 2. The van der Waals surface area contributed by atoms with Gasteiger partial charge < -0.3 is 18.9 Å². The zero-order valence-corrected chi connectivity index (χ0v) is 20.1. The van der Waals surface area contributed by atoms with E-state index in [2.05, 4.69) is 10.8 Å². The van der Waals surface area contributed by atoms with E-state index in [0.29, 0.717) is 42.9 Å². The molecule has 2 aliphatic rings. The van der Waals surface area contributed by atoms with Gasteiger partial charge in [0.15, 0.2) is 0 Å². The highest BCUT2D eigenvalue weighted by molar-refractivity contribution is 5.95. The number of hydrogen-bond acceptors (Lipinski definition) is 6. The molecule has 0 saturated carbocycles. The molecular weight excluding hydrogens is 446 g/mol. The number of carbonyl (C=O) groups is 2. The van der Waals surface area contributed by atoms with Gasteiger partial charge in [0.25, 0.3) is 11.5 Å². The maximum absolute atomic E-state index is 13.1. The van der Waals surface area contributed by atoms with E-state index in [1.165, 1.54) is 32.4 Å². The van der Waals surface area contributed by atoms with Gasteiger partial charge in [-0.05, 0) is 44.1 Å². The summed E-state index contributed by atoms with van der Waals surface area (Å²) in [5.74, 6) is 2.07. The maximum atomic E-state index is 13.1. The topological polar surface area (TPSA) is 81.1 Å². The Balaban J connectivity index is 1.55. The van der Waals surface area contributed by atoms with E-state index in [-0.39, 0.29) is 29.3 Å². The van der Waals surface area contributed by atoms with E-state index in [9.17, 15) is 14.4 Å². The number of ether oxygens (including phenoxy) is 2. The van der Waals surface area contributed by atoms with Crippen molar-refractivity contribution in [3.05, 3.63) is 63.1 Å². The fourth-order valence-corrected chi connectivity index (χ4v) is 4.78. The molecule has 8 nitrogen and oxygen atoms in total. The van der Waals surface area contributed by atoms with Crippen LogP contribution in [0, 0.1) is 12.3 Å². The molecule has 0 spiro atoms. The Morgan fingerprint density at radius 2 is 1.86 bits per heavy atom. The third-order valence-electron chi connectivity index (χ3n) is 6.66. The van der Waals surface area contributed by atoms with Gasteiger partial charge in [-0.15, -0.1) is 6.42 Å². The van der Waals surface area contributed by atoms with Crippen LogP contribution < -0.4 is 10.3 Å². The lowest BCUT2D eigenvalue weighted by atomic mass is 10.1. The van der Waals surface area contributed by atoms with Crippen LogP contribution in [-0.4, -0.2) is 72.7 Å². The molecular formula is C27H31N3O5. The molecule has 4 rings (SSSR count). The summed E-state index contributed by atoms with van der Waals surface area (Å²) >= 11 is 0. The zero-order chi connectivity index (χ0) is 24.8. The Hall–Kier alpha value is -3.57. The summed E-state index contributed by atoms with van der Waals surface area (Å²) in [6.45, 7) is 4.14. The lowest BCUT2D eigenvalue weighted by Crippen LogP contribution is -2.34. The molecule has 0 atom stereocenters. The fourth-order valence-electron chi connectivity index (χ4n) is 4.78. The Bertz CT molecular complexity index is 1190. The minimum absolute atomic E-state index is 0.166. The second kappa shape index (κ2) is 11.2. The lowest BCUT2D eigenvalue weighted by molar-refractivity contribution is 0.0592. The van der Waals surface area contributed by atoms with Crippen LogP contribution in [0.1, 0.15) is 51.2 Å². The van der Waals surface area contributed by atoms with Crippen molar-refractivity contribution in [2.45, 2.75) is 32.2 Å². The first-order chi connectivity index (χ1) is 17.0. The monoisotopic (exact) mass is 477 g/mol. The SMILES string of the molecule is C#Cc1cccc(C(=O)N2CCc3c(C(=O)OC)c(OCCN4CCCCC4)cc(=O)n3CC2)c1. The first kappa shape index (κ1) is 24.6. The van der Waals surface area contributed by atoms with Crippen LogP contribution in [0.15, 0.2) is 35.1 Å². The summed E-state index contributed by atoms with van der Waals surface area (Å²) < 4.78 is 12.6. The van der Waals surface area contributed by atoms with Crippen molar-refractivity contribution in [2.24, 2.45) is 0 Å². The summed E-state index contributed by atoms with van der Waals surface area (Å²) in [6.07, 6.45) is 9.40. The molecule has 1 amide bonds. The quantitative estimate of drug-likeness (QED) is 0.469. The van der Waals surface area contributed by atoms with Gasteiger partial charge in [-0.25, -0.2) is 4.79 Å². The molecule has 0 N–H and O–H groups in total. The Morgan fingerprint density at radius 1 is 1.06 bits per heavy atom. The van der Waals surface area contributed by atoms with Crippen molar-refractivity contribution in [3.8, 4) is 18.1 Å². The smallest absolute Gasteiger partial charge is 0.343 e. The van der Waals surface area contributed by atoms with E-state index in [0.717, 1.165) is 19.6 Å². The minimum Gasteiger partial charge on any atom is -0.491 e. The molecule has 2 aromatic rings. The number of aromatic nitrogens is 1. The van der Waals surface area contributed by atoms with E-state index >= 15 is 0 Å². The summed E-state index contributed by atoms with van der Waals surface area (Å²) in [4.78, 5) is 42.9. The normalized spacial score (nSPS) is 16.1. The van der Waals surface area contributed by atoms with Crippen LogP contribution >= 0.6 is 0 Å². The molecule has 0 radical (unpaired) electrons. The fraction of sp³-hybridized carbons (Fsp3) is 0.444. The second-order valence-corrected chi connectivity index (χ2v) is 8.83. The number of amides is 1. The Morgan fingerprint density at radius 3 is 2.60 bits per heavy atom. The largest absolute Gasteiger partial charge is 0.491 e. The standard InChI is InChI=1S/C27H31N3O5/c1-3-20-8-7-9-21(18-20)26(32)29-13-10-22-25(27(33)34-2)23(19-24(31)30(22)15-14-29)35-17-16-28-11-5-4-6-12-28/h1,7-9,18-19H,4-6,10-17H2,2H3. The molecule has 1 aromatic carbocycles. The van der Waals surface area contributed by atoms with E-state index in [1.807, 2.05) is 0 Å². The number of methoxy groups -OCH3 is 1. The number of benzene rings is 1. The molecule has 0 unspecified atom stereocenters. The number of esters is 1. The number of pyridine rings is 1. The first-order valence-electron chi connectivity index (χ1n) is 12.1. The van der Waals surface area contributed by atoms with Crippen molar-refractivity contribution < 1.29 is 19.1 Å². The maximum Gasteiger partial charge on any atom is 0.343 e. The summed E-state index contributed by atoms with van der Waals surface area (Å²) in [7, 11) is 1.31. The zero-order valence-electron chi connectivity index (χ0n) is 20.1. The van der Waals surface area contributed by atoms with Crippen molar-refractivity contribution in [1.82, 2.24) is 14.4 Å². The molecule has 0 bridgehead atoms. The van der Waals surface area contributed by atoms with Gasteiger partial charge in [0.2, 0.25) is 0 Å².